The fourth-order valence-corrected chi connectivity index (χ4v) is 3.00. The monoisotopic (exact) mass is 412 g/mol. The minimum atomic E-state index is -0.725. The molecule has 1 amide bonds. The van der Waals surface area contributed by atoms with Crippen molar-refractivity contribution in [1.29, 1.82) is 0 Å². The summed E-state index contributed by atoms with van der Waals surface area (Å²) in [6, 6.07) is 10.4. The number of hydrogen-bond acceptors (Lipinski definition) is 3. The summed E-state index contributed by atoms with van der Waals surface area (Å²) in [5, 5.41) is 5.83. The van der Waals surface area contributed by atoms with Crippen LogP contribution in [0.5, 0.6) is 5.75 Å². The molecular formula is C19H19Cl3N2O2. The number of aryl methyl sites for hydroxylation is 1. The average Bonchev–Trinajstić information content (AvgIpc) is 2.59. The Morgan fingerprint density at radius 3 is 2.42 bits per heavy atom. The largest absolute Gasteiger partial charge is 0.481 e. The fraction of sp³-hybridized carbons (Fsp3) is 0.263. The average molecular weight is 414 g/mol. The second-order valence-corrected chi connectivity index (χ2v) is 6.96. The molecule has 0 fully saturated rings. The number of carbonyl (C=O) groups excluding carboxylic acids is 1. The Morgan fingerprint density at radius 1 is 1.15 bits per heavy atom. The Labute approximate surface area is 168 Å². The highest BCUT2D eigenvalue weighted by Gasteiger charge is 2.16. The number of amides is 1. The Hall–Kier alpha value is -1.75. The molecule has 0 bridgehead atoms. The van der Waals surface area contributed by atoms with Crippen molar-refractivity contribution in [2.75, 3.05) is 0 Å². The lowest BCUT2D eigenvalue weighted by atomic mass is 10.1. The molecule has 2 rings (SSSR count). The van der Waals surface area contributed by atoms with Crippen LogP contribution in [-0.2, 0) is 4.79 Å². The zero-order chi connectivity index (χ0) is 19.3. The summed E-state index contributed by atoms with van der Waals surface area (Å²) in [5.41, 5.74) is 4.75. The lowest BCUT2D eigenvalue weighted by molar-refractivity contribution is -0.127. The second-order valence-electron chi connectivity index (χ2n) is 5.68. The van der Waals surface area contributed by atoms with E-state index in [0.717, 1.165) is 11.1 Å². The molecule has 0 aromatic heterocycles. The van der Waals surface area contributed by atoms with E-state index in [4.69, 9.17) is 39.5 Å². The molecule has 0 radical (unpaired) electrons. The van der Waals surface area contributed by atoms with Crippen LogP contribution in [0, 0.1) is 6.92 Å². The number of rotatable bonds is 6. The van der Waals surface area contributed by atoms with Gasteiger partial charge in [-0.15, -0.1) is 0 Å². The number of ether oxygens (including phenoxy) is 1. The van der Waals surface area contributed by atoms with Crippen molar-refractivity contribution < 1.29 is 9.53 Å². The molecule has 0 saturated heterocycles. The molecule has 0 aliphatic heterocycles. The van der Waals surface area contributed by atoms with Crippen LogP contribution in [0.25, 0.3) is 0 Å². The highest BCUT2D eigenvalue weighted by atomic mass is 35.5. The highest BCUT2D eigenvalue weighted by molar-refractivity contribution is 6.37. The normalized spacial score (nSPS) is 12.6. The zero-order valence-corrected chi connectivity index (χ0v) is 16.9. The maximum Gasteiger partial charge on any atom is 0.280 e. The molecule has 1 unspecified atom stereocenters. The number of carbonyl (C=O) groups is 1. The van der Waals surface area contributed by atoms with Crippen LogP contribution in [0.1, 0.15) is 31.4 Å². The SMILES string of the molecule is CCC(=NNC(=O)C(C)Oc1ccc(Cl)cc1C)c1ccc(Cl)cc1Cl. The van der Waals surface area contributed by atoms with Gasteiger partial charge in [0.15, 0.2) is 6.10 Å². The number of benzene rings is 2. The van der Waals surface area contributed by atoms with Crippen LogP contribution in [0.15, 0.2) is 41.5 Å². The van der Waals surface area contributed by atoms with E-state index in [0.29, 0.717) is 32.9 Å². The van der Waals surface area contributed by atoms with Gasteiger partial charge in [0.25, 0.3) is 5.91 Å². The molecule has 2 aromatic carbocycles. The second kappa shape index (κ2) is 9.26. The minimum Gasteiger partial charge on any atom is -0.481 e. The van der Waals surface area contributed by atoms with E-state index in [1.165, 1.54) is 0 Å². The molecule has 7 heteroatoms. The van der Waals surface area contributed by atoms with Gasteiger partial charge in [-0.1, -0.05) is 47.8 Å². The maximum absolute atomic E-state index is 12.3. The third-order valence-corrected chi connectivity index (χ3v) is 4.47. The maximum atomic E-state index is 12.3. The zero-order valence-electron chi connectivity index (χ0n) is 14.6. The standard InChI is InChI=1S/C19H19Cl3N2O2/c1-4-17(15-7-5-14(21)10-16(15)22)23-24-19(25)12(3)26-18-8-6-13(20)9-11(18)2/h5-10,12H,4H2,1-3H3,(H,24,25). The van der Waals surface area contributed by atoms with E-state index in [1.54, 1.807) is 43.3 Å². The van der Waals surface area contributed by atoms with Gasteiger partial charge in [-0.25, -0.2) is 5.43 Å². The van der Waals surface area contributed by atoms with Gasteiger partial charge in [-0.2, -0.15) is 5.10 Å². The van der Waals surface area contributed by atoms with Crippen LogP contribution >= 0.6 is 34.8 Å². The van der Waals surface area contributed by atoms with Gasteiger partial charge in [0.1, 0.15) is 5.75 Å². The Balaban J connectivity index is 2.08. The summed E-state index contributed by atoms with van der Waals surface area (Å²) in [6.45, 7) is 5.44. The first kappa shape index (κ1) is 20.6. The lowest BCUT2D eigenvalue weighted by Crippen LogP contribution is -2.34. The Kier molecular flexibility index (Phi) is 7.33. The van der Waals surface area contributed by atoms with E-state index in [-0.39, 0.29) is 5.91 Å². The van der Waals surface area contributed by atoms with Crippen molar-refractivity contribution in [2.45, 2.75) is 33.3 Å². The van der Waals surface area contributed by atoms with E-state index in [9.17, 15) is 4.79 Å². The van der Waals surface area contributed by atoms with Crippen LogP contribution in [-0.4, -0.2) is 17.7 Å². The number of hydrazone groups is 1. The van der Waals surface area contributed by atoms with E-state index >= 15 is 0 Å². The predicted molar refractivity (Wildman–Crippen MR) is 108 cm³/mol. The number of nitrogens with zero attached hydrogens (tertiary/aromatic N) is 1. The van der Waals surface area contributed by atoms with E-state index < -0.39 is 6.10 Å². The molecule has 0 aliphatic carbocycles. The smallest absolute Gasteiger partial charge is 0.280 e. The van der Waals surface area contributed by atoms with Gasteiger partial charge in [0.05, 0.1) is 10.7 Å². The van der Waals surface area contributed by atoms with Gasteiger partial charge in [-0.3, -0.25) is 4.79 Å². The first-order chi connectivity index (χ1) is 12.3. The van der Waals surface area contributed by atoms with Crippen LogP contribution < -0.4 is 10.2 Å². The number of hydrogen-bond donors (Lipinski definition) is 1. The van der Waals surface area contributed by atoms with Gasteiger partial charge in [0, 0.05) is 15.6 Å². The third kappa shape index (κ3) is 5.37. The molecule has 1 atom stereocenters. The number of nitrogens with one attached hydrogen (secondary N) is 1. The third-order valence-electron chi connectivity index (χ3n) is 3.69. The summed E-state index contributed by atoms with van der Waals surface area (Å²) < 4.78 is 5.69. The fourth-order valence-electron chi connectivity index (χ4n) is 2.26. The van der Waals surface area contributed by atoms with Gasteiger partial charge >= 0.3 is 0 Å². The molecule has 0 saturated carbocycles. The number of halogens is 3. The van der Waals surface area contributed by atoms with Crippen molar-refractivity contribution in [3.63, 3.8) is 0 Å². The van der Waals surface area contributed by atoms with Crippen molar-refractivity contribution in [3.8, 4) is 5.75 Å². The summed E-state index contributed by atoms with van der Waals surface area (Å²) in [4.78, 5) is 12.3. The summed E-state index contributed by atoms with van der Waals surface area (Å²) in [6.07, 6.45) is -0.134. The van der Waals surface area contributed by atoms with E-state index in [1.807, 2.05) is 13.8 Å². The van der Waals surface area contributed by atoms with Crippen molar-refractivity contribution in [3.05, 3.63) is 62.6 Å². The summed E-state index contributed by atoms with van der Waals surface area (Å²) >= 11 is 18.0. The molecule has 2 aromatic rings. The van der Waals surface area contributed by atoms with Crippen LogP contribution in [0.2, 0.25) is 15.1 Å². The van der Waals surface area contributed by atoms with Crippen molar-refractivity contribution in [1.82, 2.24) is 5.43 Å². The minimum absolute atomic E-state index is 0.365. The predicted octanol–water partition coefficient (Wildman–Crippen LogP) is 5.65. The van der Waals surface area contributed by atoms with Crippen molar-refractivity contribution in [2.24, 2.45) is 5.10 Å². The van der Waals surface area contributed by atoms with E-state index in [2.05, 4.69) is 10.5 Å². The summed E-state index contributed by atoms with van der Waals surface area (Å²) in [5.74, 6) is 0.230. The molecule has 4 nitrogen and oxygen atoms in total. The topological polar surface area (TPSA) is 50.7 Å². The molecule has 1 N–H and O–H groups in total. The van der Waals surface area contributed by atoms with Crippen LogP contribution in [0.4, 0.5) is 0 Å². The Morgan fingerprint density at radius 2 is 1.81 bits per heavy atom. The highest BCUT2D eigenvalue weighted by Crippen LogP contribution is 2.24. The van der Waals surface area contributed by atoms with Crippen LogP contribution in [0.3, 0.4) is 0 Å². The molecule has 138 valence electrons. The first-order valence-electron chi connectivity index (χ1n) is 8.06. The molecule has 0 heterocycles. The van der Waals surface area contributed by atoms with Gasteiger partial charge in [0.2, 0.25) is 0 Å². The molecule has 0 spiro atoms. The quantitative estimate of drug-likeness (QED) is 0.491. The van der Waals surface area contributed by atoms with Gasteiger partial charge < -0.3 is 4.74 Å². The van der Waals surface area contributed by atoms with Crippen molar-refractivity contribution >= 4 is 46.4 Å². The lowest BCUT2D eigenvalue weighted by Gasteiger charge is -2.15. The molecular weight excluding hydrogens is 395 g/mol. The molecule has 26 heavy (non-hydrogen) atoms. The summed E-state index contributed by atoms with van der Waals surface area (Å²) in [7, 11) is 0. The van der Waals surface area contributed by atoms with Gasteiger partial charge in [-0.05, 0) is 56.2 Å². The molecule has 0 aliphatic rings. The first-order valence-corrected chi connectivity index (χ1v) is 9.19. The Bertz CT molecular complexity index is 838.